The van der Waals surface area contributed by atoms with Gasteiger partial charge < -0.3 is 9.84 Å². The van der Waals surface area contributed by atoms with Crippen molar-refractivity contribution in [1.29, 1.82) is 0 Å². The Morgan fingerprint density at radius 2 is 2.50 bits per heavy atom. The first-order valence-electron chi connectivity index (χ1n) is 3.48. The molecule has 0 aromatic heterocycles. The maximum absolute atomic E-state index is 10.8. The van der Waals surface area contributed by atoms with Crippen LogP contribution in [0.3, 0.4) is 0 Å². The Hall–Kier alpha value is -0.570. The fourth-order valence-corrected chi connectivity index (χ4v) is 1.17. The van der Waals surface area contributed by atoms with E-state index in [1.165, 1.54) is 7.11 Å². The van der Waals surface area contributed by atoms with Gasteiger partial charge in [0.15, 0.2) is 0 Å². The lowest BCUT2D eigenvalue weighted by Crippen LogP contribution is -2.04. The first-order valence-corrected chi connectivity index (χ1v) is 3.48. The highest BCUT2D eigenvalue weighted by molar-refractivity contribution is 5.75. The molecular formula is C7H12O3. The van der Waals surface area contributed by atoms with Gasteiger partial charge in [-0.25, -0.2) is 0 Å². The third kappa shape index (κ3) is 1.48. The molecule has 2 atom stereocenters. The number of rotatable bonds is 3. The molecule has 0 spiro atoms. The highest BCUT2D eigenvalue weighted by Crippen LogP contribution is 2.41. The molecule has 0 radical (unpaired) electrons. The number of aliphatic hydroxyl groups excluding tert-OH is 1. The van der Waals surface area contributed by atoms with E-state index in [1.807, 2.05) is 0 Å². The van der Waals surface area contributed by atoms with Gasteiger partial charge in [-0.1, -0.05) is 0 Å². The van der Waals surface area contributed by atoms with Crippen LogP contribution >= 0.6 is 0 Å². The summed E-state index contributed by atoms with van der Waals surface area (Å²) in [4.78, 5) is 10.8. The Morgan fingerprint density at radius 1 is 1.80 bits per heavy atom. The van der Waals surface area contributed by atoms with Gasteiger partial charge in [-0.05, 0) is 18.8 Å². The summed E-state index contributed by atoms with van der Waals surface area (Å²) in [5.74, 6) is 0.341. The van der Waals surface area contributed by atoms with Gasteiger partial charge in [-0.15, -0.1) is 0 Å². The number of hydrogen-bond donors (Lipinski definition) is 1. The van der Waals surface area contributed by atoms with E-state index in [1.54, 1.807) is 0 Å². The summed E-state index contributed by atoms with van der Waals surface area (Å²) >= 11 is 0. The van der Waals surface area contributed by atoms with Gasteiger partial charge in [0.05, 0.1) is 13.0 Å². The lowest BCUT2D eigenvalue weighted by Gasteiger charge is -1.94. The molecule has 3 nitrogen and oxygen atoms in total. The monoisotopic (exact) mass is 144 g/mol. The maximum atomic E-state index is 10.8. The molecule has 1 saturated carbocycles. The lowest BCUT2D eigenvalue weighted by molar-refractivity contribution is -0.142. The number of methoxy groups -OCH3 is 1. The smallest absolute Gasteiger partial charge is 0.308 e. The molecule has 58 valence electrons. The molecule has 1 rings (SSSR count). The van der Waals surface area contributed by atoms with Crippen molar-refractivity contribution >= 4 is 5.97 Å². The number of carbonyl (C=O) groups is 1. The zero-order valence-electron chi connectivity index (χ0n) is 6.04. The Bertz CT molecular complexity index is 133. The second kappa shape index (κ2) is 3.01. The molecule has 0 aliphatic heterocycles. The van der Waals surface area contributed by atoms with E-state index in [2.05, 4.69) is 4.74 Å². The van der Waals surface area contributed by atoms with Crippen molar-refractivity contribution in [2.45, 2.75) is 12.8 Å². The number of hydrogen-bond acceptors (Lipinski definition) is 3. The van der Waals surface area contributed by atoms with Crippen molar-refractivity contribution in [3.8, 4) is 0 Å². The number of aliphatic hydroxyl groups is 1. The van der Waals surface area contributed by atoms with Crippen LogP contribution in [0.25, 0.3) is 0 Å². The zero-order valence-corrected chi connectivity index (χ0v) is 6.04. The van der Waals surface area contributed by atoms with E-state index in [0.29, 0.717) is 5.92 Å². The van der Waals surface area contributed by atoms with Gasteiger partial charge in [0, 0.05) is 6.61 Å². The van der Waals surface area contributed by atoms with E-state index >= 15 is 0 Å². The van der Waals surface area contributed by atoms with E-state index in [0.717, 1.165) is 12.8 Å². The van der Waals surface area contributed by atoms with Gasteiger partial charge in [0.2, 0.25) is 0 Å². The predicted octanol–water partition coefficient (Wildman–Crippen LogP) is 0.178. The second-order valence-electron chi connectivity index (χ2n) is 2.64. The molecule has 0 aromatic carbocycles. The fourth-order valence-electron chi connectivity index (χ4n) is 1.17. The highest BCUT2D eigenvalue weighted by atomic mass is 16.5. The van der Waals surface area contributed by atoms with Crippen molar-refractivity contribution in [3.05, 3.63) is 0 Å². The van der Waals surface area contributed by atoms with Crippen LogP contribution in [0.5, 0.6) is 0 Å². The normalized spacial score (nSPS) is 29.8. The fraction of sp³-hybridized carbons (Fsp3) is 0.857. The lowest BCUT2D eigenvalue weighted by atomic mass is 10.2. The van der Waals surface area contributed by atoms with Crippen LogP contribution in [0.15, 0.2) is 0 Å². The van der Waals surface area contributed by atoms with Crippen LogP contribution in [0, 0.1) is 11.8 Å². The first kappa shape index (κ1) is 7.54. The van der Waals surface area contributed by atoms with Crippen LogP contribution in [-0.2, 0) is 9.53 Å². The van der Waals surface area contributed by atoms with Gasteiger partial charge in [0.1, 0.15) is 0 Å². The van der Waals surface area contributed by atoms with E-state index in [9.17, 15) is 4.79 Å². The van der Waals surface area contributed by atoms with Crippen LogP contribution < -0.4 is 0 Å². The second-order valence-corrected chi connectivity index (χ2v) is 2.64. The first-order chi connectivity index (χ1) is 4.79. The summed E-state index contributed by atoms with van der Waals surface area (Å²) in [6.45, 7) is 0.179. The topological polar surface area (TPSA) is 46.5 Å². The van der Waals surface area contributed by atoms with Crippen molar-refractivity contribution in [2.24, 2.45) is 11.8 Å². The molecule has 1 aliphatic rings. The number of carbonyl (C=O) groups excluding carboxylic acids is 1. The van der Waals surface area contributed by atoms with Crippen molar-refractivity contribution < 1.29 is 14.6 Å². The summed E-state index contributed by atoms with van der Waals surface area (Å²) in [6, 6.07) is 0. The van der Waals surface area contributed by atoms with Crippen LogP contribution in [-0.4, -0.2) is 24.8 Å². The number of ether oxygens (including phenoxy) is 1. The standard InChI is InChI=1S/C7H12O3/c1-10-7(9)6-4-5(6)2-3-8/h5-6,8H,2-4H2,1H3/t5-,6-/m1/s1. The predicted molar refractivity (Wildman–Crippen MR) is 35.3 cm³/mol. The van der Waals surface area contributed by atoms with Crippen molar-refractivity contribution in [3.63, 3.8) is 0 Å². The van der Waals surface area contributed by atoms with Crippen LogP contribution in [0.4, 0.5) is 0 Å². The highest BCUT2D eigenvalue weighted by Gasteiger charge is 2.42. The van der Waals surface area contributed by atoms with Crippen LogP contribution in [0.1, 0.15) is 12.8 Å². The minimum atomic E-state index is -0.126. The molecular weight excluding hydrogens is 132 g/mol. The number of esters is 1. The van der Waals surface area contributed by atoms with Gasteiger partial charge in [-0.3, -0.25) is 4.79 Å². The van der Waals surface area contributed by atoms with E-state index < -0.39 is 0 Å². The summed E-state index contributed by atoms with van der Waals surface area (Å²) in [5, 5.41) is 8.50. The Morgan fingerprint density at radius 3 is 3.00 bits per heavy atom. The van der Waals surface area contributed by atoms with Gasteiger partial charge in [-0.2, -0.15) is 0 Å². The molecule has 0 saturated heterocycles. The molecule has 0 unspecified atom stereocenters. The third-order valence-corrected chi connectivity index (χ3v) is 1.93. The summed E-state index contributed by atoms with van der Waals surface area (Å²) < 4.78 is 4.53. The molecule has 0 bridgehead atoms. The van der Waals surface area contributed by atoms with Crippen molar-refractivity contribution in [2.75, 3.05) is 13.7 Å². The zero-order chi connectivity index (χ0) is 7.56. The van der Waals surface area contributed by atoms with Crippen LogP contribution in [0.2, 0.25) is 0 Å². The minimum Gasteiger partial charge on any atom is -0.469 e. The maximum Gasteiger partial charge on any atom is 0.308 e. The average molecular weight is 144 g/mol. The average Bonchev–Trinajstić information content (AvgIpc) is 2.67. The molecule has 0 aromatic rings. The Balaban J connectivity index is 2.18. The molecule has 1 N–H and O–H groups in total. The summed E-state index contributed by atoms with van der Waals surface area (Å²) in [5.41, 5.74) is 0. The Kier molecular flexibility index (Phi) is 2.27. The summed E-state index contributed by atoms with van der Waals surface area (Å²) in [6.07, 6.45) is 1.63. The Labute approximate surface area is 60.0 Å². The van der Waals surface area contributed by atoms with Gasteiger partial charge >= 0.3 is 5.97 Å². The van der Waals surface area contributed by atoms with Crippen molar-refractivity contribution in [1.82, 2.24) is 0 Å². The molecule has 1 fully saturated rings. The third-order valence-electron chi connectivity index (χ3n) is 1.93. The van der Waals surface area contributed by atoms with E-state index in [-0.39, 0.29) is 18.5 Å². The quantitative estimate of drug-likeness (QED) is 0.575. The molecule has 1 aliphatic carbocycles. The molecule has 3 heteroatoms. The largest absolute Gasteiger partial charge is 0.469 e. The summed E-state index contributed by atoms with van der Waals surface area (Å²) in [7, 11) is 1.40. The SMILES string of the molecule is COC(=O)[C@@H]1C[C@H]1CCO. The van der Waals surface area contributed by atoms with E-state index in [4.69, 9.17) is 5.11 Å². The molecule has 0 amide bonds. The molecule has 10 heavy (non-hydrogen) atoms. The van der Waals surface area contributed by atoms with Gasteiger partial charge in [0.25, 0.3) is 0 Å². The molecule has 0 heterocycles. The minimum absolute atomic E-state index is 0.0807.